The highest BCUT2D eigenvalue weighted by Gasteiger charge is 2.37. The zero-order valence-corrected chi connectivity index (χ0v) is 14.0. The maximum Gasteiger partial charge on any atom is 0.123 e. The summed E-state index contributed by atoms with van der Waals surface area (Å²) in [6.45, 7) is 3.06. The van der Waals surface area contributed by atoms with Gasteiger partial charge in [-0.3, -0.25) is 9.58 Å². The van der Waals surface area contributed by atoms with Gasteiger partial charge in [-0.2, -0.15) is 20.5 Å². The first kappa shape index (κ1) is 16.0. The lowest BCUT2D eigenvalue weighted by atomic mass is 9.90. The normalized spacial score (nSPS) is 21.5. The molecule has 0 amide bonds. The highest BCUT2D eigenvalue weighted by Crippen LogP contribution is 2.30. The van der Waals surface area contributed by atoms with Crippen LogP contribution in [0.5, 0.6) is 0 Å². The van der Waals surface area contributed by atoms with Crippen LogP contribution in [0.1, 0.15) is 29.7 Å². The van der Waals surface area contributed by atoms with E-state index in [0.29, 0.717) is 18.7 Å². The molecule has 4 rings (SSSR count). The molecule has 2 N–H and O–H groups in total. The second-order valence-corrected chi connectivity index (χ2v) is 6.73. The van der Waals surface area contributed by atoms with Gasteiger partial charge in [0, 0.05) is 24.8 Å². The first-order chi connectivity index (χ1) is 12.2. The number of rotatable bonds is 5. The Kier molecular flexibility index (Phi) is 4.33. The van der Waals surface area contributed by atoms with Crippen LogP contribution in [0.25, 0.3) is 0 Å². The van der Waals surface area contributed by atoms with Crippen molar-refractivity contribution >= 4 is 0 Å². The predicted molar refractivity (Wildman–Crippen MR) is 92.6 cm³/mol. The van der Waals surface area contributed by atoms with Crippen LogP contribution in [-0.2, 0) is 18.7 Å². The lowest BCUT2D eigenvalue weighted by molar-refractivity contribution is -0.0414. The molecule has 1 atom stereocenters. The number of benzene rings is 1. The van der Waals surface area contributed by atoms with Gasteiger partial charge in [0.15, 0.2) is 0 Å². The number of likely N-dealkylation sites (tertiary alicyclic amines) is 1. The Morgan fingerprint density at radius 1 is 1.12 bits per heavy atom. The summed E-state index contributed by atoms with van der Waals surface area (Å²) < 4.78 is 1.96. The molecule has 7 nitrogen and oxygen atoms in total. The Morgan fingerprint density at radius 3 is 2.80 bits per heavy atom. The molecule has 7 heteroatoms. The van der Waals surface area contributed by atoms with Gasteiger partial charge in [-0.05, 0) is 24.9 Å². The number of H-pyrrole nitrogens is 1. The number of hydrogen-bond acceptors (Lipinski definition) is 5. The molecule has 0 spiro atoms. The molecule has 3 aromatic rings. The van der Waals surface area contributed by atoms with E-state index < -0.39 is 5.60 Å². The summed E-state index contributed by atoms with van der Waals surface area (Å²) >= 11 is 0. The van der Waals surface area contributed by atoms with Gasteiger partial charge in [-0.1, -0.05) is 30.3 Å². The van der Waals surface area contributed by atoms with Crippen molar-refractivity contribution in [2.75, 3.05) is 13.1 Å². The van der Waals surface area contributed by atoms with E-state index in [2.05, 4.69) is 43.7 Å². The average Bonchev–Trinajstić information content (AvgIpc) is 3.29. The number of nitrogens with one attached hydrogen (secondary N) is 1. The lowest BCUT2D eigenvalue weighted by Gasteiger charge is -2.37. The Hall–Kier alpha value is -2.51. The van der Waals surface area contributed by atoms with Crippen molar-refractivity contribution in [2.45, 2.75) is 31.5 Å². The van der Waals surface area contributed by atoms with Crippen molar-refractivity contribution in [3.05, 3.63) is 65.7 Å². The van der Waals surface area contributed by atoms with Crippen molar-refractivity contribution in [3.63, 3.8) is 0 Å². The fourth-order valence-corrected chi connectivity index (χ4v) is 3.50. The maximum absolute atomic E-state index is 10.9. The molecule has 1 aliphatic heterocycles. The van der Waals surface area contributed by atoms with E-state index in [1.54, 1.807) is 6.20 Å². The van der Waals surface area contributed by atoms with E-state index in [1.807, 2.05) is 29.1 Å². The number of piperidine rings is 1. The summed E-state index contributed by atoms with van der Waals surface area (Å²) in [6.07, 6.45) is 7.25. The molecule has 1 fully saturated rings. The van der Waals surface area contributed by atoms with Gasteiger partial charge in [-0.15, -0.1) is 0 Å². The van der Waals surface area contributed by atoms with Gasteiger partial charge >= 0.3 is 0 Å². The molecule has 1 aromatic carbocycles. The standard InChI is InChI=1S/C18H22N6O/c25-18(17-10-19-22-21-17)7-4-8-23(14-18)11-16-9-20-24(13-16)12-15-5-2-1-3-6-15/h1-3,5-6,9-10,13,25H,4,7-8,11-12,14H2,(H,19,21,22). The summed E-state index contributed by atoms with van der Waals surface area (Å²) in [7, 11) is 0. The smallest absolute Gasteiger partial charge is 0.123 e. The first-order valence-corrected chi connectivity index (χ1v) is 8.57. The van der Waals surface area contributed by atoms with Gasteiger partial charge in [-0.25, -0.2) is 0 Å². The van der Waals surface area contributed by atoms with Crippen LogP contribution in [0, 0.1) is 0 Å². The van der Waals surface area contributed by atoms with Gasteiger partial charge in [0.2, 0.25) is 0 Å². The number of aliphatic hydroxyl groups is 1. The van der Waals surface area contributed by atoms with Crippen LogP contribution >= 0.6 is 0 Å². The summed E-state index contributed by atoms with van der Waals surface area (Å²) in [5, 5.41) is 25.9. The van der Waals surface area contributed by atoms with E-state index in [1.165, 1.54) is 5.56 Å². The van der Waals surface area contributed by atoms with Crippen molar-refractivity contribution in [3.8, 4) is 0 Å². The molecule has 0 radical (unpaired) electrons. The lowest BCUT2D eigenvalue weighted by Crippen LogP contribution is -2.45. The molecule has 1 unspecified atom stereocenters. The summed E-state index contributed by atoms with van der Waals surface area (Å²) in [5.41, 5.74) is 2.08. The zero-order valence-electron chi connectivity index (χ0n) is 14.0. The first-order valence-electron chi connectivity index (χ1n) is 8.57. The highest BCUT2D eigenvalue weighted by atomic mass is 16.3. The van der Waals surface area contributed by atoms with Crippen molar-refractivity contribution in [1.82, 2.24) is 30.1 Å². The van der Waals surface area contributed by atoms with Crippen molar-refractivity contribution < 1.29 is 5.11 Å². The molecule has 1 aliphatic rings. The number of nitrogens with zero attached hydrogens (tertiary/aromatic N) is 5. The molecule has 0 aliphatic carbocycles. The van der Waals surface area contributed by atoms with E-state index in [-0.39, 0.29) is 0 Å². The quantitative estimate of drug-likeness (QED) is 0.737. The Balaban J connectivity index is 1.40. The molecular formula is C18H22N6O. The summed E-state index contributed by atoms with van der Waals surface area (Å²) in [4.78, 5) is 2.25. The van der Waals surface area contributed by atoms with Crippen LogP contribution in [0.3, 0.4) is 0 Å². The van der Waals surface area contributed by atoms with Crippen LogP contribution < -0.4 is 0 Å². The number of aromatic amines is 1. The molecule has 2 aromatic heterocycles. The largest absolute Gasteiger partial charge is 0.382 e. The van der Waals surface area contributed by atoms with Gasteiger partial charge in [0.05, 0.1) is 18.9 Å². The number of aromatic nitrogens is 5. The molecule has 25 heavy (non-hydrogen) atoms. The number of β-amino-alcohol motifs (C(OH)–C–C–N with tert-alkyl or cyclic N) is 1. The van der Waals surface area contributed by atoms with E-state index in [0.717, 1.165) is 31.6 Å². The molecular weight excluding hydrogens is 316 g/mol. The fourth-order valence-electron chi connectivity index (χ4n) is 3.50. The second kappa shape index (κ2) is 6.78. The van der Waals surface area contributed by atoms with Gasteiger partial charge < -0.3 is 5.11 Å². The minimum absolute atomic E-state index is 0.559. The molecule has 130 valence electrons. The Bertz CT molecular complexity index is 800. The van der Waals surface area contributed by atoms with Crippen molar-refractivity contribution in [2.24, 2.45) is 0 Å². The Labute approximate surface area is 146 Å². The molecule has 0 saturated carbocycles. The third-order valence-corrected chi connectivity index (χ3v) is 4.72. The third kappa shape index (κ3) is 3.62. The second-order valence-electron chi connectivity index (χ2n) is 6.73. The molecule has 3 heterocycles. The minimum Gasteiger partial charge on any atom is -0.382 e. The monoisotopic (exact) mass is 338 g/mol. The predicted octanol–water partition coefficient (Wildman–Crippen LogP) is 1.53. The van der Waals surface area contributed by atoms with Crippen LogP contribution in [0.15, 0.2) is 48.9 Å². The average molecular weight is 338 g/mol. The van der Waals surface area contributed by atoms with Gasteiger partial charge in [0.25, 0.3) is 0 Å². The van der Waals surface area contributed by atoms with Crippen LogP contribution in [0.2, 0.25) is 0 Å². The van der Waals surface area contributed by atoms with Crippen LogP contribution in [0.4, 0.5) is 0 Å². The zero-order chi connectivity index (χ0) is 17.1. The topological polar surface area (TPSA) is 82.9 Å². The Morgan fingerprint density at radius 2 is 2.00 bits per heavy atom. The van der Waals surface area contributed by atoms with E-state index in [9.17, 15) is 5.11 Å². The highest BCUT2D eigenvalue weighted by molar-refractivity contribution is 5.16. The molecule has 1 saturated heterocycles. The number of hydrogen-bond donors (Lipinski definition) is 2. The minimum atomic E-state index is -0.925. The fraction of sp³-hybridized carbons (Fsp3) is 0.389. The van der Waals surface area contributed by atoms with E-state index >= 15 is 0 Å². The SMILES string of the molecule is OC1(c2cn[nH]n2)CCCN(Cc2cnn(Cc3ccccc3)c2)C1. The van der Waals surface area contributed by atoms with Crippen LogP contribution in [-0.4, -0.2) is 48.3 Å². The third-order valence-electron chi connectivity index (χ3n) is 4.72. The molecule has 0 bridgehead atoms. The summed E-state index contributed by atoms with van der Waals surface area (Å²) in [6, 6.07) is 10.3. The van der Waals surface area contributed by atoms with Crippen molar-refractivity contribution in [1.29, 1.82) is 0 Å². The van der Waals surface area contributed by atoms with Gasteiger partial charge in [0.1, 0.15) is 11.3 Å². The van der Waals surface area contributed by atoms with E-state index in [4.69, 9.17) is 0 Å². The summed E-state index contributed by atoms with van der Waals surface area (Å²) in [5.74, 6) is 0. The maximum atomic E-state index is 10.9.